The average Bonchev–Trinajstić information content (AvgIpc) is 2.73. The fourth-order valence-electron chi connectivity index (χ4n) is 3.45. The first-order chi connectivity index (χ1) is 14.0. The van der Waals surface area contributed by atoms with Crippen molar-refractivity contribution in [2.24, 2.45) is 10.9 Å². The highest BCUT2D eigenvalue weighted by molar-refractivity contribution is 5.90. The molecular formula is C22H35N5O2. The normalized spacial score (nSPS) is 15.1. The molecule has 1 saturated heterocycles. The Kier molecular flexibility index (Phi) is 9.47. The molecule has 29 heavy (non-hydrogen) atoms. The number of aliphatic imine (C=N–C) groups is 1. The standard InChI is InChI=1S/C22H35N5O2/c1-4-6-20(28)26-19-9-7-18(8-10-19)16-25-22(24-5-2)27-13-11-17(12-14-27)15-21(29)23-3/h7-10,17H,4-6,11-16H2,1-3H3,(H,23,29)(H,24,25)(H,26,28). The number of guanidine groups is 1. The Bertz CT molecular complexity index is 679. The van der Waals surface area contributed by atoms with Gasteiger partial charge in [0.05, 0.1) is 6.54 Å². The number of likely N-dealkylation sites (tertiary alicyclic amines) is 1. The molecule has 160 valence electrons. The third-order valence-electron chi connectivity index (χ3n) is 5.13. The molecule has 1 fully saturated rings. The van der Waals surface area contributed by atoms with Gasteiger partial charge in [-0.3, -0.25) is 9.59 Å². The lowest BCUT2D eigenvalue weighted by molar-refractivity contribution is -0.121. The van der Waals surface area contributed by atoms with Crippen LogP contribution in [-0.2, 0) is 16.1 Å². The van der Waals surface area contributed by atoms with E-state index >= 15 is 0 Å². The van der Waals surface area contributed by atoms with Gasteiger partial charge in [-0.25, -0.2) is 4.99 Å². The van der Waals surface area contributed by atoms with E-state index in [1.54, 1.807) is 7.05 Å². The summed E-state index contributed by atoms with van der Waals surface area (Å²) >= 11 is 0. The molecule has 3 N–H and O–H groups in total. The van der Waals surface area contributed by atoms with Crippen molar-refractivity contribution in [1.29, 1.82) is 0 Å². The fourth-order valence-corrected chi connectivity index (χ4v) is 3.45. The van der Waals surface area contributed by atoms with E-state index in [1.165, 1.54) is 0 Å². The molecular weight excluding hydrogens is 366 g/mol. The van der Waals surface area contributed by atoms with Crippen LogP contribution in [0.15, 0.2) is 29.3 Å². The lowest BCUT2D eigenvalue weighted by atomic mass is 9.93. The molecule has 0 saturated carbocycles. The number of nitrogens with one attached hydrogen (secondary N) is 3. The van der Waals surface area contributed by atoms with Gasteiger partial charge >= 0.3 is 0 Å². The zero-order valence-electron chi connectivity index (χ0n) is 18.0. The molecule has 0 aromatic heterocycles. The molecule has 0 radical (unpaired) electrons. The summed E-state index contributed by atoms with van der Waals surface area (Å²) < 4.78 is 0. The van der Waals surface area contributed by atoms with E-state index in [0.717, 1.165) is 56.1 Å². The number of piperidine rings is 1. The molecule has 7 nitrogen and oxygen atoms in total. The van der Waals surface area contributed by atoms with Crippen LogP contribution in [0.1, 0.15) is 51.5 Å². The second kappa shape index (κ2) is 12.1. The Morgan fingerprint density at radius 2 is 1.79 bits per heavy atom. The Labute approximate surface area is 174 Å². The molecule has 1 aromatic rings. The number of amides is 2. The van der Waals surface area contributed by atoms with E-state index in [2.05, 4.69) is 27.8 Å². The highest BCUT2D eigenvalue weighted by atomic mass is 16.2. The number of rotatable bonds is 8. The van der Waals surface area contributed by atoms with Gasteiger partial charge in [-0.05, 0) is 49.8 Å². The summed E-state index contributed by atoms with van der Waals surface area (Å²) in [6.07, 6.45) is 4.00. The maximum Gasteiger partial charge on any atom is 0.224 e. The average molecular weight is 402 g/mol. The zero-order valence-corrected chi connectivity index (χ0v) is 18.0. The molecule has 1 aliphatic heterocycles. The largest absolute Gasteiger partial charge is 0.359 e. The Morgan fingerprint density at radius 3 is 2.38 bits per heavy atom. The maximum absolute atomic E-state index is 11.7. The predicted octanol–water partition coefficient (Wildman–Crippen LogP) is 2.74. The summed E-state index contributed by atoms with van der Waals surface area (Å²) in [6.45, 7) is 7.30. The van der Waals surface area contributed by atoms with Crippen LogP contribution in [0.5, 0.6) is 0 Å². The molecule has 2 rings (SSSR count). The van der Waals surface area contributed by atoms with Gasteiger partial charge in [0, 0.05) is 45.2 Å². The number of hydrogen-bond acceptors (Lipinski definition) is 3. The minimum absolute atomic E-state index is 0.0486. The van der Waals surface area contributed by atoms with Crippen molar-refractivity contribution in [3.8, 4) is 0 Å². The quantitative estimate of drug-likeness (QED) is 0.462. The minimum Gasteiger partial charge on any atom is -0.359 e. The van der Waals surface area contributed by atoms with Crippen LogP contribution in [-0.4, -0.2) is 49.4 Å². The van der Waals surface area contributed by atoms with Crippen molar-refractivity contribution in [2.45, 2.75) is 52.5 Å². The minimum atomic E-state index is 0.0486. The summed E-state index contributed by atoms with van der Waals surface area (Å²) in [7, 11) is 1.69. The molecule has 0 aliphatic carbocycles. The summed E-state index contributed by atoms with van der Waals surface area (Å²) in [5.41, 5.74) is 1.92. The second-order valence-electron chi connectivity index (χ2n) is 7.47. The molecule has 0 bridgehead atoms. The van der Waals surface area contributed by atoms with Gasteiger partial charge in [-0.15, -0.1) is 0 Å². The van der Waals surface area contributed by atoms with Crippen LogP contribution in [0.25, 0.3) is 0 Å². The van der Waals surface area contributed by atoms with Gasteiger partial charge < -0.3 is 20.9 Å². The van der Waals surface area contributed by atoms with Gasteiger partial charge in [-0.1, -0.05) is 19.1 Å². The van der Waals surface area contributed by atoms with Crippen molar-refractivity contribution in [2.75, 3.05) is 32.0 Å². The van der Waals surface area contributed by atoms with E-state index in [-0.39, 0.29) is 11.8 Å². The summed E-state index contributed by atoms with van der Waals surface area (Å²) in [4.78, 5) is 30.4. The van der Waals surface area contributed by atoms with Crippen LogP contribution in [0.4, 0.5) is 5.69 Å². The van der Waals surface area contributed by atoms with Gasteiger partial charge in [0.2, 0.25) is 11.8 Å². The third kappa shape index (κ3) is 7.75. The van der Waals surface area contributed by atoms with Crippen LogP contribution < -0.4 is 16.0 Å². The van der Waals surface area contributed by atoms with Crippen LogP contribution in [0.3, 0.4) is 0 Å². The van der Waals surface area contributed by atoms with E-state index in [0.29, 0.717) is 25.3 Å². The summed E-state index contributed by atoms with van der Waals surface area (Å²) in [6, 6.07) is 7.86. The lowest BCUT2D eigenvalue weighted by Gasteiger charge is -2.34. The first kappa shape index (κ1) is 22.7. The van der Waals surface area contributed by atoms with Crippen LogP contribution in [0, 0.1) is 5.92 Å². The van der Waals surface area contributed by atoms with Gasteiger partial charge in [-0.2, -0.15) is 0 Å². The van der Waals surface area contributed by atoms with E-state index in [9.17, 15) is 9.59 Å². The molecule has 2 amide bonds. The number of benzene rings is 1. The molecule has 1 aliphatic rings. The molecule has 1 aromatic carbocycles. The highest BCUT2D eigenvalue weighted by Gasteiger charge is 2.23. The monoisotopic (exact) mass is 401 g/mol. The number of carbonyl (C=O) groups excluding carboxylic acids is 2. The summed E-state index contributed by atoms with van der Waals surface area (Å²) in [5.74, 6) is 1.54. The third-order valence-corrected chi connectivity index (χ3v) is 5.13. The molecule has 0 unspecified atom stereocenters. The van der Waals surface area contributed by atoms with E-state index < -0.39 is 0 Å². The smallest absolute Gasteiger partial charge is 0.224 e. The van der Waals surface area contributed by atoms with Crippen molar-refractivity contribution in [1.82, 2.24) is 15.5 Å². The number of carbonyl (C=O) groups is 2. The van der Waals surface area contributed by atoms with Crippen molar-refractivity contribution in [3.63, 3.8) is 0 Å². The number of anilines is 1. The van der Waals surface area contributed by atoms with Crippen LogP contribution >= 0.6 is 0 Å². The first-order valence-electron chi connectivity index (χ1n) is 10.7. The zero-order chi connectivity index (χ0) is 21.1. The fraction of sp³-hybridized carbons (Fsp3) is 0.591. The molecule has 0 atom stereocenters. The highest BCUT2D eigenvalue weighted by Crippen LogP contribution is 2.20. The SMILES string of the molecule is CCCC(=O)Nc1ccc(CN=C(NCC)N2CCC(CC(=O)NC)CC2)cc1. The van der Waals surface area contributed by atoms with Crippen molar-refractivity contribution >= 4 is 23.5 Å². The van der Waals surface area contributed by atoms with Crippen LogP contribution in [0.2, 0.25) is 0 Å². The van der Waals surface area contributed by atoms with Crippen molar-refractivity contribution < 1.29 is 9.59 Å². The Balaban J connectivity index is 1.90. The lowest BCUT2D eigenvalue weighted by Crippen LogP contribution is -2.46. The number of hydrogen-bond donors (Lipinski definition) is 3. The second-order valence-corrected chi connectivity index (χ2v) is 7.47. The van der Waals surface area contributed by atoms with E-state index in [4.69, 9.17) is 4.99 Å². The van der Waals surface area contributed by atoms with Crippen molar-refractivity contribution in [3.05, 3.63) is 29.8 Å². The Hall–Kier alpha value is -2.57. The topological polar surface area (TPSA) is 85.8 Å². The number of nitrogens with zero attached hydrogens (tertiary/aromatic N) is 2. The maximum atomic E-state index is 11.7. The molecule has 1 heterocycles. The predicted molar refractivity (Wildman–Crippen MR) is 118 cm³/mol. The van der Waals surface area contributed by atoms with Gasteiger partial charge in [0.15, 0.2) is 5.96 Å². The first-order valence-corrected chi connectivity index (χ1v) is 10.7. The summed E-state index contributed by atoms with van der Waals surface area (Å²) in [5, 5.41) is 9.00. The van der Waals surface area contributed by atoms with Gasteiger partial charge in [0.1, 0.15) is 0 Å². The van der Waals surface area contributed by atoms with Gasteiger partial charge in [0.25, 0.3) is 0 Å². The molecule has 0 spiro atoms. The Morgan fingerprint density at radius 1 is 1.10 bits per heavy atom. The molecule has 7 heteroatoms. The van der Waals surface area contributed by atoms with E-state index in [1.807, 2.05) is 31.2 Å².